The fourth-order valence-corrected chi connectivity index (χ4v) is 1.27. The lowest BCUT2D eigenvalue weighted by molar-refractivity contribution is -0.116. The number of benzene rings is 1. The van der Waals surface area contributed by atoms with Crippen LogP contribution in [0.2, 0.25) is 5.02 Å². The maximum absolute atomic E-state index is 11.3. The van der Waals surface area contributed by atoms with Gasteiger partial charge >= 0.3 is 0 Å². The van der Waals surface area contributed by atoms with E-state index in [0.29, 0.717) is 10.7 Å². The molecule has 0 aliphatic heterocycles. The van der Waals surface area contributed by atoms with Crippen molar-refractivity contribution in [2.45, 2.75) is 19.4 Å². The number of halogens is 1. The van der Waals surface area contributed by atoms with Gasteiger partial charge in [0.2, 0.25) is 5.91 Å². The van der Waals surface area contributed by atoms with E-state index in [-0.39, 0.29) is 24.1 Å². The second-order valence-electron chi connectivity index (χ2n) is 3.39. The number of carbonyl (C=O) groups excluding carboxylic acids is 1. The molecule has 4 nitrogen and oxygen atoms in total. The van der Waals surface area contributed by atoms with Crippen LogP contribution >= 0.6 is 11.6 Å². The predicted molar refractivity (Wildman–Crippen MR) is 60.0 cm³/mol. The molecular formula is C10H13ClN2O2. The Morgan fingerprint density at radius 2 is 2.33 bits per heavy atom. The average Bonchev–Trinajstić information content (AvgIpc) is 2.10. The molecule has 82 valence electrons. The molecule has 0 spiro atoms. The molecule has 0 bridgehead atoms. The summed E-state index contributed by atoms with van der Waals surface area (Å²) in [5.41, 5.74) is 5.76. The van der Waals surface area contributed by atoms with Crippen molar-refractivity contribution < 1.29 is 9.90 Å². The van der Waals surface area contributed by atoms with Gasteiger partial charge in [0.25, 0.3) is 0 Å². The molecule has 0 heterocycles. The van der Waals surface area contributed by atoms with Crippen LogP contribution in [0.25, 0.3) is 0 Å². The summed E-state index contributed by atoms with van der Waals surface area (Å²) in [6.07, 6.45) is 0.200. The van der Waals surface area contributed by atoms with Gasteiger partial charge in [-0.15, -0.1) is 0 Å². The third-order valence-electron chi connectivity index (χ3n) is 1.74. The van der Waals surface area contributed by atoms with Crippen molar-refractivity contribution in [3.05, 3.63) is 23.2 Å². The first kappa shape index (κ1) is 11.8. The van der Waals surface area contributed by atoms with Gasteiger partial charge in [0, 0.05) is 17.5 Å². The molecule has 0 fully saturated rings. The lowest BCUT2D eigenvalue weighted by Gasteiger charge is -2.08. The maximum Gasteiger partial charge on any atom is 0.226 e. The van der Waals surface area contributed by atoms with Crippen LogP contribution < -0.4 is 11.1 Å². The Hall–Kier alpha value is -1.26. The molecule has 4 N–H and O–H groups in total. The van der Waals surface area contributed by atoms with E-state index >= 15 is 0 Å². The summed E-state index contributed by atoms with van der Waals surface area (Å²) in [5, 5.41) is 12.4. The predicted octanol–water partition coefficient (Wildman–Crippen LogP) is 1.72. The van der Waals surface area contributed by atoms with Gasteiger partial charge in [-0.1, -0.05) is 11.6 Å². The Bertz CT molecular complexity index is 366. The molecule has 15 heavy (non-hydrogen) atoms. The van der Waals surface area contributed by atoms with Crippen LogP contribution in [0.3, 0.4) is 0 Å². The van der Waals surface area contributed by atoms with Crippen LogP contribution in [0.4, 0.5) is 5.69 Å². The normalized spacial score (nSPS) is 12.2. The highest BCUT2D eigenvalue weighted by Crippen LogP contribution is 2.26. The van der Waals surface area contributed by atoms with Gasteiger partial charge in [0.1, 0.15) is 5.75 Å². The lowest BCUT2D eigenvalue weighted by Crippen LogP contribution is -2.23. The van der Waals surface area contributed by atoms with E-state index in [2.05, 4.69) is 5.32 Å². The summed E-state index contributed by atoms with van der Waals surface area (Å²) in [6, 6.07) is 4.23. The minimum absolute atomic E-state index is 0.0163. The maximum atomic E-state index is 11.3. The minimum atomic E-state index is -0.248. The first-order valence-electron chi connectivity index (χ1n) is 4.53. The number of amides is 1. The molecule has 1 amide bonds. The van der Waals surface area contributed by atoms with Crippen LogP contribution in [-0.2, 0) is 4.79 Å². The van der Waals surface area contributed by atoms with Gasteiger partial charge in [-0.3, -0.25) is 4.79 Å². The molecule has 1 rings (SSSR count). The number of nitrogens with one attached hydrogen (secondary N) is 1. The molecule has 0 saturated heterocycles. The number of aromatic hydroxyl groups is 1. The lowest BCUT2D eigenvalue weighted by atomic mass is 10.2. The highest BCUT2D eigenvalue weighted by atomic mass is 35.5. The third kappa shape index (κ3) is 3.77. The standard InChI is InChI=1S/C10H13ClN2O2/c1-6(12)4-10(15)13-8-5-7(11)2-3-9(8)14/h2-3,5-6,14H,4,12H2,1H3,(H,13,15). The minimum Gasteiger partial charge on any atom is -0.506 e. The first-order chi connectivity index (χ1) is 6.99. The fourth-order valence-electron chi connectivity index (χ4n) is 1.10. The van der Waals surface area contributed by atoms with Crippen molar-refractivity contribution in [3.63, 3.8) is 0 Å². The summed E-state index contributed by atoms with van der Waals surface area (Å²) in [7, 11) is 0. The zero-order valence-corrected chi connectivity index (χ0v) is 9.08. The monoisotopic (exact) mass is 228 g/mol. The first-order valence-corrected chi connectivity index (χ1v) is 4.91. The van der Waals surface area contributed by atoms with Crippen molar-refractivity contribution in [1.29, 1.82) is 0 Å². The van der Waals surface area contributed by atoms with Crippen molar-refractivity contribution >= 4 is 23.2 Å². The second kappa shape index (κ2) is 5.00. The number of rotatable bonds is 3. The molecule has 1 unspecified atom stereocenters. The summed E-state index contributed by atoms with van der Waals surface area (Å²) in [6.45, 7) is 1.73. The molecule has 0 aromatic heterocycles. The van der Waals surface area contributed by atoms with Crippen molar-refractivity contribution in [3.8, 4) is 5.75 Å². The van der Waals surface area contributed by atoms with Gasteiger partial charge in [-0.2, -0.15) is 0 Å². The Labute approximate surface area is 93.0 Å². The highest BCUT2D eigenvalue weighted by molar-refractivity contribution is 6.31. The summed E-state index contributed by atoms with van der Waals surface area (Å²) < 4.78 is 0. The van der Waals surface area contributed by atoms with Crippen molar-refractivity contribution in [2.75, 3.05) is 5.32 Å². The molecular weight excluding hydrogens is 216 g/mol. The smallest absolute Gasteiger partial charge is 0.226 e. The summed E-state index contributed by atoms with van der Waals surface area (Å²) >= 11 is 5.72. The molecule has 0 aliphatic carbocycles. The highest BCUT2D eigenvalue weighted by Gasteiger charge is 2.08. The third-order valence-corrected chi connectivity index (χ3v) is 1.98. The average molecular weight is 229 g/mol. The molecule has 5 heteroatoms. The van der Waals surface area contributed by atoms with Crippen LogP contribution in [0, 0.1) is 0 Å². The second-order valence-corrected chi connectivity index (χ2v) is 3.83. The quantitative estimate of drug-likeness (QED) is 0.690. The molecule has 1 aromatic rings. The number of phenolic OH excluding ortho intramolecular Hbond substituents is 1. The number of nitrogens with two attached hydrogens (primary N) is 1. The number of hydrogen-bond acceptors (Lipinski definition) is 3. The topological polar surface area (TPSA) is 75.4 Å². The van der Waals surface area contributed by atoms with Gasteiger partial charge in [0.05, 0.1) is 5.69 Å². The van der Waals surface area contributed by atoms with E-state index in [1.807, 2.05) is 0 Å². The SMILES string of the molecule is CC(N)CC(=O)Nc1cc(Cl)ccc1O. The van der Waals surface area contributed by atoms with Gasteiger partial charge in [-0.05, 0) is 25.1 Å². The van der Waals surface area contributed by atoms with Gasteiger partial charge in [-0.25, -0.2) is 0 Å². The van der Waals surface area contributed by atoms with Crippen LogP contribution in [-0.4, -0.2) is 17.1 Å². The zero-order valence-electron chi connectivity index (χ0n) is 8.33. The summed E-state index contributed by atoms with van der Waals surface area (Å²) in [4.78, 5) is 11.3. The number of phenols is 1. The largest absolute Gasteiger partial charge is 0.506 e. The van der Waals surface area contributed by atoms with Crippen molar-refractivity contribution in [1.82, 2.24) is 0 Å². The zero-order chi connectivity index (χ0) is 11.4. The number of carbonyl (C=O) groups is 1. The Balaban J connectivity index is 2.71. The number of hydrogen-bond donors (Lipinski definition) is 3. The van der Waals surface area contributed by atoms with E-state index in [0.717, 1.165) is 0 Å². The molecule has 1 aromatic carbocycles. The Morgan fingerprint density at radius 3 is 2.93 bits per heavy atom. The van der Waals surface area contributed by atoms with E-state index < -0.39 is 0 Å². The van der Waals surface area contributed by atoms with E-state index in [4.69, 9.17) is 17.3 Å². The summed E-state index contributed by atoms with van der Waals surface area (Å²) in [5.74, 6) is -0.264. The molecule has 0 saturated carbocycles. The van der Waals surface area contributed by atoms with E-state index in [1.165, 1.54) is 18.2 Å². The molecule has 0 aliphatic rings. The van der Waals surface area contributed by atoms with E-state index in [1.54, 1.807) is 6.92 Å². The Kier molecular flexibility index (Phi) is 3.94. The van der Waals surface area contributed by atoms with Crippen LogP contribution in [0.15, 0.2) is 18.2 Å². The van der Waals surface area contributed by atoms with Gasteiger partial charge in [0.15, 0.2) is 0 Å². The van der Waals surface area contributed by atoms with Crippen LogP contribution in [0.5, 0.6) is 5.75 Å². The fraction of sp³-hybridized carbons (Fsp3) is 0.300. The Morgan fingerprint density at radius 1 is 1.67 bits per heavy atom. The number of anilines is 1. The van der Waals surface area contributed by atoms with Crippen LogP contribution in [0.1, 0.15) is 13.3 Å². The molecule has 0 radical (unpaired) electrons. The molecule has 1 atom stereocenters. The van der Waals surface area contributed by atoms with Crippen molar-refractivity contribution in [2.24, 2.45) is 5.73 Å². The van der Waals surface area contributed by atoms with Gasteiger partial charge < -0.3 is 16.2 Å². The van der Waals surface area contributed by atoms with E-state index in [9.17, 15) is 9.90 Å².